The zero-order valence-electron chi connectivity index (χ0n) is 18.0. The molecule has 0 amide bonds. The number of benzene rings is 1. The van der Waals surface area contributed by atoms with Crippen LogP contribution in [0.1, 0.15) is 59.9 Å². The van der Waals surface area contributed by atoms with Gasteiger partial charge in [-0.15, -0.1) is 0 Å². The van der Waals surface area contributed by atoms with Gasteiger partial charge in [-0.1, -0.05) is 24.3 Å². The maximum Gasteiger partial charge on any atom is 0.370 e. The Hall–Kier alpha value is -1.27. The summed E-state index contributed by atoms with van der Waals surface area (Å²) in [5.74, 6) is -3.69. The third-order valence-corrected chi connectivity index (χ3v) is 5.50. The number of esters is 1. The molecular formula is C19H31FNO5P. The average Bonchev–Trinajstić information content (AvgIpc) is 2.50. The Morgan fingerprint density at radius 3 is 1.96 bits per heavy atom. The predicted octanol–water partition coefficient (Wildman–Crippen LogP) is 4.52. The van der Waals surface area contributed by atoms with Crippen molar-refractivity contribution < 1.29 is 28.9 Å². The number of hydrogen-bond donors (Lipinski definition) is 1. The first-order valence-electron chi connectivity index (χ1n) is 9.14. The minimum atomic E-state index is -4.55. The third kappa shape index (κ3) is 7.70. The number of carbonyl (C=O) groups is 1. The Kier molecular flexibility index (Phi) is 7.20. The standard InChI is InChI=1S/C19H31FNO5P/c1-18(2,3)25-27(23,26-19(4,5)6)16(20)14-10-8-13(9-11-14)12-15(21)17(22)24-7/h8-11,15-16H,12,21H2,1-7H3/t15-,16?/m0/s1/i16D. The van der Waals surface area contributed by atoms with Crippen molar-refractivity contribution in [3.8, 4) is 0 Å². The second-order valence-corrected chi connectivity index (χ2v) is 9.98. The summed E-state index contributed by atoms with van der Waals surface area (Å²) in [6.45, 7) is 9.66. The van der Waals surface area contributed by atoms with E-state index in [4.69, 9.17) is 16.2 Å². The van der Waals surface area contributed by atoms with Gasteiger partial charge in [-0.3, -0.25) is 9.36 Å². The van der Waals surface area contributed by atoms with Crippen molar-refractivity contribution in [2.45, 2.75) is 71.1 Å². The van der Waals surface area contributed by atoms with E-state index in [0.717, 1.165) is 0 Å². The molecule has 0 saturated carbocycles. The second kappa shape index (κ2) is 8.82. The molecule has 0 radical (unpaired) electrons. The predicted molar refractivity (Wildman–Crippen MR) is 103 cm³/mol. The molecule has 0 aromatic heterocycles. The van der Waals surface area contributed by atoms with Crippen molar-refractivity contribution in [2.24, 2.45) is 5.73 Å². The fraction of sp³-hybridized carbons (Fsp3) is 0.632. The molecule has 6 nitrogen and oxygen atoms in total. The van der Waals surface area contributed by atoms with Crippen molar-refractivity contribution in [3.63, 3.8) is 0 Å². The number of methoxy groups -OCH3 is 1. The summed E-state index contributed by atoms with van der Waals surface area (Å²) in [7, 11) is -3.31. The molecule has 2 atom stereocenters. The van der Waals surface area contributed by atoms with E-state index in [1.807, 2.05) is 0 Å². The van der Waals surface area contributed by atoms with Crippen LogP contribution >= 0.6 is 7.60 Å². The van der Waals surface area contributed by atoms with E-state index in [1.165, 1.54) is 31.4 Å². The van der Waals surface area contributed by atoms with Crippen LogP contribution in [0.4, 0.5) is 4.39 Å². The van der Waals surface area contributed by atoms with E-state index < -0.39 is 36.7 Å². The molecule has 154 valence electrons. The first-order valence-corrected chi connectivity index (χ1v) is 10.2. The van der Waals surface area contributed by atoms with Crippen LogP contribution in [0.5, 0.6) is 0 Å². The van der Waals surface area contributed by atoms with Crippen molar-refractivity contribution in [1.82, 2.24) is 0 Å². The first-order chi connectivity index (χ1) is 12.5. The fourth-order valence-corrected chi connectivity index (χ4v) is 4.35. The van der Waals surface area contributed by atoms with Crippen molar-refractivity contribution in [2.75, 3.05) is 7.11 Å². The number of rotatable bonds is 7. The highest BCUT2D eigenvalue weighted by atomic mass is 31.2. The van der Waals surface area contributed by atoms with E-state index >= 15 is 4.39 Å². The summed E-state index contributed by atoms with van der Waals surface area (Å²) in [4.78, 5) is 11.4. The monoisotopic (exact) mass is 404 g/mol. The van der Waals surface area contributed by atoms with Gasteiger partial charge in [0, 0.05) is 0 Å². The zero-order valence-corrected chi connectivity index (χ0v) is 17.9. The van der Waals surface area contributed by atoms with Gasteiger partial charge in [0.05, 0.1) is 19.7 Å². The van der Waals surface area contributed by atoms with Crippen LogP contribution in [0.2, 0.25) is 0 Å². The summed E-state index contributed by atoms with van der Waals surface area (Å²) in [5, 5.41) is 0. The van der Waals surface area contributed by atoms with E-state index in [2.05, 4.69) is 4.74 Å². The van der Waals surface area contributed by atoms with Gasteiger partial charge >= 0.3 is 13.6 Å². The number of nitrogens with two attached hydrogens (primary N) is 1. The molecule has 1 unspecified atom stereocenters. The number of halogens is 1. The molecule has 0 aliphatic rings. The van der Waals surface area contributed by atoms with Crippen LogP contribution in [0.3, 0.4) is 0 Å². The minimum absolute atomic E-state index is 0.179. The molecule has 27 heavy (non-hydrogen) atoms. The maximum atomic E-state index is 15.6. The van der Waals surface area contributed by atoms with Crippen molar-refractivity contribution in [3.05, 3.63) is 35.4 Å². The molecule has 0 saturated heterocycles. The molecule has 1 rings (SSSR count). The van der Waals surface area contributed by atoms with Crippen molar-refractivity contribution in [1.29, 1.82) is 0 Å². The van der Waals surface area contributed by atoms with Crippen molar-refractivity contribution >= 4 is 13.6 Å². The summed E-state index contributed by atoms with van der Waals surface area (Å²) >= 11 is 0. The van der Waals surface area contributed by atoms with Crippen LogP contribution < -0.4 is 5.73 Å². The van der Waals surface area contributed by atoms with Crippen LogP contribution in [-0.4, -0.2) is 30.3 Å². The van der Waals surface area contributed by atoms with Gasteiger partial charge in [0.1, 0.15) is 6.04 Å². The zero-order chi connectivity index (χ0) is 22.0. The molecular weight excluding hydrogens is 372 g/mol. The van der Waals surface area contributed by atoms with Crippen LogP contribution in [0, 0.1) is 0 Å². The van der Waals surface area contributed by atoms with Gasteiger partial charge < -0.3 is 19.5 Å². The minimum Gasteiger partial charge on any atom is -0.468 e. The topological polar surface area (TPSA) is 87.9 Å². The third-order valence-electron chi connectivity index (χ3n) is 3.18. The molecule has 0 fully saturated rings. The van der Waals surface area contributed by atoms with Crippen LogP contribution in [-0.2, 0) is 29.6 Å². The van der Waals surface area contributed by atoms with Gasteiger partial charge in [0.2, 0.25) is 5.89 Å². The maximum absolute atomic E-state index is 15.6. The van der Waals surface area contributed by atoms with E-state index in [9.17, 15) is 9.36 Å². The van der Waals surface area contributed by atoms with E-state index in [0.29, 0.717) is 5.56 Å². The Morgan fingerprint density at radius 1 is 1.15 bits per heavy atom. The van der Waals surface area contributed by atoms with Gasteiger partial charge in [0.25, 0.3) is 0 Å². The average molecular weight is 404 g/mol. The van der Waals surface area contributed by atoms with Gasteiger partial charge in [-0.05, 0) is 59.1 Å². The fourth-order valence-electron chi connectivity index (χ4n) is 2.24. The Bertz CT molecular complexity index is 705. The first kappa shape index (κ1) is 22.0. The molecule has 0 heterocycles. The van der Waals surface area contributed by atoms with E-state index in [-0.39, 0.29) is 12.0 Å². The molecule has 8 heteroatoms. The highest BCUT2D eigenvalue weighted by molar-refractivity contribution is 7.54. The Morgan fingerprint density at radius 2 is 1.59 bits per heavy atom. The SMILES string of the molecule is [2H]C(F)(c1ccc(C[C@H](N)C(=O)OC)cc1)P(=O)(OC(C)(C)C)OC(C)(C)C. The number of hydrogen-bond acceptors (Lipinski definition) is 6. The normalized spacial score (nSPS) is 17.0. The summed E-state index contributed by atoms with van der Waals surface area (Å²) in [6.07, 6.45) is 0.179. The molecule has 2 N–H and O–H groups in total. The number of carbonyl (C=O) groups excluding carboxylic acids is 1. The molecule has 1 aromatic carbocycles. The lowest BCUT2D eigenvalue weighted by Crippen LogP contribution is -2.33. The van der Waals surface area contributed by atoms with Gasteiger partial charge in [0.15, 0.2) is 0 Å². The molecule has 0 aliphatic heterocycles. The Labute approximate surface area is 162 Å². The lowest BCUT2D eigenvalue weighted by molar-refractivity contribution is -0.142. The summed E-state index contributed by atoms with van der Waals surface area (Å²) in [6, 6.07) is 4.80. The largest absolute Gasteiger partial charge is 0.468 e. The van der Waals surface area contributed by atoms with Gasteiger partial charge in [-0.25, -0.2) is 4.39 Å². The smallest absolute Gasteiger partial charge is 0.370 e. The number of ether oxygens (including phenoxy) is 1. The quantitative estimate of drug-likeness (QED) is 0.531. The second-order valence-electron chi connectivity index (χ2n) is 8.23. The molecule has 0 bridgehead atoms. The molecule has 0 aliphatic carbocycles. The van der Waals surface area contributed by atoms with Crippen LogP contribution in [0.15, 0.2) is 24.3 Å². The summed E-state index contributed by atoms with van der Waals surface area (Å²) < 4.78 is 52.6. The molecule has 1 aromatic rings. The highest BCUT2D eigenvalue weighted by Crippen LogP contribution is 2.65. The Balaban J connectivity index is 3.22. The molecule has 0 spiro atoms. The summed E-state index contributed by atoms with van der Waals surface area (Å²) in [5.41, 5.74) is 4.19. The van der Waals surface area contributed by atoms with Gasteiger partial charge in [-0.2, -0.15) is 0 Å². The highest BCUT2D eigenvalue weighted by Gasteiger charge is 2.44. The lowest BCUT2D eigenvalue weighted by Gasteiger charge is -2.33. The number of alkyl halides is 1. The van der Waals surface area contributed by atoms with E-state index in [1.54, 1.807) is 41.5 Å². The van der Waals surface area contributed by atoms with Crippen LogP contribution in [0.25, 0.3) is 0 Å². The lowest BCUT2D eigenvalue weighted by atomic mass is 10.1.